The van der Waals surface area contributed by atoms with Crippen molar-refractivity contribution >= 4 is 33.0 Å². The van der Waals surface area contributed by atoms with Gasteiger partial charge in [0.15, 0.2) is 9.84 Å². The van der Waals surface area contributed by atoms with Crippen molar-refractivity contribution in [3.05, 3.63) is 24.3 Å². The molecular formula is C15H21N3O4S. The van der Waals surface area contributed by atoms with E-state index in [-0.39, 0.29) is 35.8 Å². The first-order valence-electron chi connectivity index (χ1n) is 7.45. The summed E-state index contributed by atoms with van der Waals surface area (Å²) in [4.78, 5) is 22.8. The number of hydrogen-bond donors (Lipinski definition) is 3. The van der Waals surface area contributed by atoms with Gasteiger partial charge in [0.25, 0.3) is 0 Å². The van der Waals surface area contributed by atoms with Crippen molar-refractivity contribution < 1.29 is 18.0 Å². The number of anilines is 2. The number of benzene rings is 1. The van der Waals surface area contributed by atoms with Gasteiger partial charge in [-0.15, -0.1) is 0 Å². The molecule has 0 aliphatic carbocycles. The van der Waals surface area contributed by atoms with E-state index in [1.807, 2.05) is 0 Å². The van der Waals surface area contributed by atoms with Crippen LogP contribution in [0.15, 0.2) is 24.3 Å². The first-order valence-corrected chi connectivity index (χ1v) is 9.27. The van der Waals surface area contributed by atoms with Crippen molar-refractivity contribution in [3.63, 3.8) is 0 Å². The third kappa shape index (κ3) is 5.99. The third-order valence-electron chi connectivity index (χ3n) is 3.51. The molecule has 3 N–H and O–H groups in total. The number of hydrogen-bond acceptors (Lipinski definition) is 5. The molecule has 1 aromatic carbocycles. The molecule has 2 amide bonds. The molecule has 0 bridgehead atoms. The van der Waals surface area contributed by atoms with Gasteiger partial charge in [0.05, 0.1) is 11.5 Å². The largest absolute Gasteiger partial charge is 0.326 e. The molecule has 1 aliphatic rings. The van der Waals surface area contributed by atoms with Gasteiger partial charge in [-0.05, 0) is 30.7 Å². The molecule has 126 valence electrons. The van der Waals surface area contributed by atoms with Gasteiger partial charge in [-0.2, -0.15) is 0 Å². The molecule has 1 unspecified atom stereocenters. The molecule has 23 heavy (non-hydrogen) atoms. The van der Waals surface area contributed by atoms with Gasteiger partial charge < -0.3 is 16.0 Å². The van der Waals surface area contributed by atoms with Gasteiger partial charge in [0.1, 0.15) is 0 Å². The summed E-state index contributed by atoms with van der Waals surface area (Å²) in [5, 5.41) is 8.50. The van der Waals surface area contributed by atoms with Crippen LogP contribution in [0.1, 0.15) is 19.8 Å². The van der Waals surface area contributed by atoms with E-state index < -0.39 is 9.84 Å². The lowest BCUT2D eigenvalue weighted by Gasteiger charge is -2.11. The third-order valence-corrected chi connectivity index (χ3v) is 5.27. The number of sulfone groups is 1. The minimum atomic E-state index is -2.90. The Balaban J connectivity index is 1.71. The Kier molecular flexibility index (Phi) is 5.73. The zero-order valence-corrected chi connectivity index (χ0v) is 13.8. The lowest BCUT2D eigenvalue weighted by atomic mass is 10.2. The van der Waals surface area contributed by atoms with Gasteiger partial charge in [-0.1, -0.05) is 0 Å². The predicted octanol–water partition coefficient (Wildman–Crippen LogP) is 0.750. The van der Waals surface area contributed by atoms with Crippen molar-refractivity contribution in [2.24, 2.45) is 0 Å². The highest BCUT2D eigenvalue weighted by Crippen LogP contribution is 2.14. The van der Waals surface area contributed by atoms with Gasteiger partial charge >= 0.3 is 0 Å². The highest BCUT2D eigenvalue weighted by molar-refractivity contribution is 7.91. The zero-order chi connectivity index (χ0) is 16.9. The van der Waals surface area contributed by atoms with Crippen LogP contribution in [0.25, 0.3) is 0 Å². The van der Waals surface area contributed by atoms with Gasteiger partial charge in [0, 0.05) is 37.3 Å². The number of rotatable bonds is 6. The molecule has 0 saturated carbocycles. The second-order valence-corrected chi connectivity index (χ2v) is 7.84. The molecule has 1 aromatic rings. The smallest absolute Gasteiger partial charge is 0.225 e. The molecule has 7 nitrogen and oxygen atoms in total. The first kappa shape index (κ1) is 17.4. The van der Waals surface area contributed by atoms with Crippen LogP contribution in [0.3, 0.4) is 0 Å². The van der Waals surface area contributed by atoms with E-state index in [0.717, 1.165) is 0 Å². The summed E-state index contributed by atoms with van der Waals surface area (Å²) in [5.74, 6) is 0.0731. The maximum absolute atomic E-state index is 11.8. The Hall–Kier alpha value is -1.93. The van der Waals surface area contributed by atoms with Crippen molar-refractivity contribution in [3.8, 4) is 0 Å². The fraction of sp³-hybridized carbons (Fsp3) is 0.467. The molecule has 1 aliphatic heterocycles. The molecule has 2 rings (SSSR count). The summed E-state index contributed by atoms with van der Waals surface area (Å²) in [6.45, 7) is 1.87. The molecule has 0 radical (unpaired) electrons. The second kappa shape index (κ2) is 7.56. The average molecular weight is 339 g/mol. The van der Waals surface area contributed by atoms with Gasteiger partial charge in [0.2, 0.25) is 11.8 Å². The lowest BCUT2D eigenvalue weighted by Crippen LogP contribution is -2.32. The summed E-state index contributed by atoms with van der Waals surface area (Å²) in [7, 11) is -2.90. The molecule has 0 spiro atoms. The topological polar surface area (TPSA) is 104 Å². The second-order valence-electron chi connectivity index (χ2n) is 5.61. The maximum Gasteiger partial charge on any atom is 0.225 e. The fourth-order valence-electron chi connectivity index (χ4n) is 2.41. The fourth-order valence-corrected chi connectivity index (χ4v) is 4.12. The highest BCUT2D eigenvalue weighted by Gasteiger charge is 2.27. The summed E-state index contributed by atoms with van der Waals surface area (Å²) in [6, 6.07) is 6.78. The normalized spacial score (nSPS) is 19.3. The van der Waals surface area contributed by atoms with Crippen LogP contribution < -0.4 is 16.0 Å². The van der Waals surface area contributed by atoms with Crippen molar-refractivity contribution in [2.75, 3.05) is 28.7 Å². The van der Waals surface area contributed by atoms with E-state index in [1.54, 1.807) is 24.3 Å². The van der Waals surface area contributed by atoms with Gasteiger partial charge in [-0.25, -0.2) is 8.42 Å². The molecular weight excluding hydrogens is 318 g/mol. The Morgan fingerprint density at radius 3 is 2.26 bits per heavy atom. The van der Waals surface area contributed by atoms with E-state index in [1.165, 1.54) is 6.92 Å². The molecule has 8 heteroatoms. The molecule has 0 aromatic heterocycles. The first-order chi connectivity index (χ1) is 10.8. The average Bonchev–Trinajstić information content (AvgIpc) is 2.80. The van der Waals surface area contributed by atoms with Crippen molar-refractivity contribution in [2.45, 2.75) is 25.8 Å². The molecule has 1 saturated heterocycles. The van der Waals surface area contributed by atoms with E-state index in [4.69, 9.17) is 0 Å². The molecule has 1 fully saturated rings. The van der Waals surface area contributed by atoms with Crippen molar-refractivity contribution in [1.82, 2.24) is 5.32 Å². The van der Waals surface area contributed by atoms with E-state index >= 15 is 0 Å². The van der Waals surface area contributed by atoms with Gasteiger partial charge in [-0.3, -0.25) is 9.59 Å². The van der Waals surface area contributed by atoms with E-state index in [9.17, 15) is 18.0 Å². The number of amides is 2. The number of carbonyl (C=O) groups is 2. The standard InChI is InChI=1S/C15H21N3O4S/c1-11(19)17-12-2-4-13(5-3-12)18-15(20)6-8-16-14-7-9-23(21,22)10-14/h2-5,14,16H,6-10H2,1H3,(H,17,19)(H,18,20). The SMILES string of the molecule is CC(=O)Nc1ccc(NC(=O)CCNC2CCS(=O)(=O)C2)cc1. The summed E-state index contributed by atoms with van der Waals surface area (Å²) >= 11 is 0. The monoisotopic (exact) mass is 339 g/mol. The predicted molar refractivity (Wildman–Crippen MR) is 89.1 cm³/mol. The van der Waals surface area contributed by atoms with Crippen molar-refractivity contribution in [1.29, 1.82) is 0 Å². The van der Waals surface area contributed by atoms with Crippen LogP contribution in [0.2, 0.25) is 0 Å². The maximum atomic E-state index is 11.8. The zero-order valence-electron chi connectivity index (χ0n) is 13.0. The van der Waals surface area contributed by atoms with Crippen LogP contribution in [-0.2, 0) is 19.4 Å². The Morgan fingerprint density at radius 1 is 1.13 bits per heavy atom. The summed E-state index contributed by atoms with van der Waals surface area (Å²) in [6.07, 6.45) is 0.874. The lowest BCUT2D eigenvalue weighted by molar-refractivity contribution is -0.116. The Morgan fingerprint density at radius 2 is 1.74 bits per heavy atom. The quantitative estimate of drug-likeness (QED) is 0.709. The molecule has 1 atom stereocenters. The number of nitrogens with one attached hydrogen (secondary N) is 3. The highest BCUT2D eigenvalue weighted by atomic mass is 32.2. The Bertz CT molecular complexity index is 670. The van der Waals surface area contributed by atoms with Crippen LogP contribution in [0.5, 0.6) is 0 Å². The summed E-state index contributed by atoms with van der Waals surface area (Å²) in [5.41, 5.74) is 1.31. The van der Waals surface area contributed by atoms with Crippen LogP contribution in [0, 0.1) is 0 Å². The van der Waals surface area contributed by atoms with Crippen LogP contribution in [-0.4, -0.2) is 44.3 Å². The Labute approximate surface area is 135 Å². The minimum Gasteiger partial charge on any atom is -0.326 e. The van der Waals surface area contributed by atoms with E-state index in [0.29, 0.717) is 24.3 Å². The van der Waals surface area contributed by atoms with Crippen LogP contribution in [0.4, 0.5) is 11.4 Å². The minimum absolute atomic E-state index is 0.0512. The van der Waals surface area contributed by atoms with E-state index in [2.05, 4.69) is 16.0 Å². The van der Waals surface area contributed by atoms with Crippen LogP contribution >= 0.6 is 0 Å². The summed E-state index contributed by atoms with van der Waals surface area (Å²) < 4.78 is 22.7. The number of carbonyl (C=O) groups excluding carboxylic acids is 2. The molecule has 1 heterocycles.